The molecule has 48 heavy (non-hydrogen) atoms. The minimum Gasteiger partial charge on any atom is -0.493 e. The van der Waals surface area contributed by atoms with Crippen LogP contribution in [0, 0.1) is 11.3 Å². The number of carbonyl (C=O) groups is 1. The van der Waals surface area contributed by atoms with Gasteiger partial charge in [0.2, 0.25) is 5.60 Å². The highest BCUT2D eigenvalue weighted by atomic mass is 19.4. The van der Waals surface area contributed by atoms with Crippen LogP contribution >= 0.6 is 0 Å². The lowest BCUT2D eigenvalue weighted by atomic mass is 9.90. The van der Waals surface area contributed by atoms with Gasteiger partial charge in [-0.05, 0) is 65.1 Å². The van der Waals surface area contributed by atoms with E-state index in [2.05, 4.69) is 6.07 Å². The Balaban J connectivity index is 1.24. The van der Waals surface area contributed by atoms with Gasteiger partial charge >= 0.3 is 12.1 Å². The summed E-state index contributed by atoms with van der Waals surface area (Å²) in [6.07, 6.45) is -3.30. The number of methoxy groups -OCH3 is 1. The van der Waals surface area contributed by atoms with E-state index in [1.165, 1.54) is 25.4 Å². The van der Waals surface area contributed by atoms with Crippen LogP contribution in [0.3, 0.4) is 0 Å². The van der Waals surface area contributed by atoms with Crippen molar-refractivity contribution in [3.8, 4) is 17.6 Å². The van der Waals surface area contributed by atoms with Gasteiger partial charge in [0, 0.05) is 43.3 Å². The number of alkyl halides is 3. The molecule has 0 radical (unpaired) electrons. The second-order valence-electron chi connectivity index (χ2n) is 12.2. The number of ether oxygens (including phenoxy) is 2. The van der Waals surface area contributed by atoms with E-state index >= 15 is 0 Å². The number of aliphatic carboxylic acids is 1. The molecule has 1 saturated heterocycles. The number of nitriles is 1. The SMILES string of the molecule is COc1cc(CC(=O)O)ccc1OC1CCN(CC(O)(c2cn(Cc3ccc4ccccc4c3)c3cc(C#N)ccc23)C(F)(F)F)CC1. The van der Waals surface area contributed by atoms with Crippen LogP contribution in [0.5, 0.6) is 11.5 Å². The van der Waals surface area contributed by atoms with Gasteiger partial charge in [-0.3, -0.25) is 9.69 Å². The fraction of sp³-hybridized carbons (Fsp3) is 0.297. The largest absolute Gasteiger partial charge is 0.493 e. The molecule has 0 saturated carbocycles. The second-order valence-corrected chi connectivity index (χ2v) is 12.2. The van der Waals surface area contributed by atoms with Crippen molar-refractivity contribution in [2.24, 2.45) is 0 Å². The van der Waals surface area contributed by atoms with Gasteiger partial charge in [-0.15, -0.1) is 0 Å². The quantitative estimate of drug-likeness (QED) is 0.173. The molecule has 2 heterocycles. The highest BCUT2D eigenvalue weighted by Gasteiger charge is 2.57. The zero-order chi connectivity index (χ0) is 34.1. The van der Waals surface area contributed by atoms with Crippen molar-refractivity contribution in [1.29, 1.82) is 5.26 Å². The number of piperidine rings is 1. The molecule has 1 atom stereocenters. The van der Waals surface area contributed by atoms with Crippen molar-refractivity contribution < 1.29 is 37.7 Å². The van der Waals surface area contributed by atoms with E-state index in [1.54, 1.807) is 33.7 Å². The molecule has 0 aliphatic carbocycles. The number of carboxylic acid groups (broad SMARTS) is 1. The van der Waals surface area contributed by atoms with Crippen molar-refractivity contribution in [3.63, 3.8) is 0 Å². The van der Waals surface area contributed by atoms with Gasteiger partial charge in [0.05, 0.1) is 30.7 Å². The minimum atomic E-state index is -5.00. The van der Waals surface area contributed by atoms with Crippen LogP contribution in [0.15, 0.2) is 85.1 Å². The molecule has 1 unspecified atom stereocenters. The van der Waals surface area contributed by atoms with Gasteiger partial charge < -0.3 is 24.3 Å². The normalized spacial score (nSPS) is 15.7. The minimum absolute atomic E-state index is 0.168. The number of halogens is 3. The zero-order valence-electron chi connectivity index (χ0n) is 26.2. The van der Waals surface area contributed by atoms with Crippen molar-refractivity contribution in [2.75, 3.05) is 26.7 Å². The Bertz CT molecular complexity index is 2010. The van der Waals surface area contributed by atoms with Crippen molar-refractivity contribution >= 4 is 27.6 Å². The highest BCUT2D eigenvalue weighted by Crippen LogP contribution is 2.44. The van der Waals surface area contributed by atoms with E-state index in [1.807, 2.05) is 42.5 Å². The molecule has 1 aliphatic rings. The van der Waals surface area contributed by atoms with E-state index in [4.69, 9.17) is 14.6 Å². The summed E-state index contributed by atoms with van der Waals surface area (Å²) < 4.78 is 58.1. The molecule has 1 fully saturated rings. The second kappa shape index (κ2) is 13.2. The van der Waals surface area contributed by atoms with Gasteiger partial charge in [-0.1, -0.05) is 48.5 Å². The number of benzene rings is 4. The first-order valence-electron chi connectivity index (χ1n) is 15.6. The molecule has 2 N–H and O–H groups in total. The Morgan fingerprint density at radius 2 is 1.69 bits per heavy atom. The number of carboxylic acids is 1. The molecule has 11 heteroatoms. The third kappa shape index (κ3) is 6.68. The maximum Gasteiger partial charge on any atom is 0.422 e. The Labute approximate surface area is 275 Å². The van der Waals surface area contributed by atoms with Gasteiger partial charge in [-0.2, -0.15) is 18.4 Å². The van der Waals surface area contributed by atoms with Crippen molar-refractivity contribution in [3.05, 3.63) is 107 Å². The fourth-order valence-corrected chi connectivity index (χ4v) is 6.47. The number of likely N-dealkylation sites (tertiary alicyclic amines) is 1. The predicted molar refractivity (Wildman–Crippen MR) is 174 cm³/mol. The first-order valence-corrected chi connectivity index (χ1v) is 15.6. The molecule has 1 aromatic heterocycles. The van der Waals surface area contributed by atoms with E-state index in [-0.39, 0.29) is 43.1 Å². The first kappa shape index (κ1) is 32.9. The Hall–Kier alpha value is -5.05. The molecule has 1 aliphatic heterocycles. The van der Waals surface area contributed by atoms with Gasteiger partial charge in [0.25, 0.3) is 0 Å². The Morgan fingerprint density at radius 3 is 2.38 bits per heavy atom. The molecule has 0 bridgehead atoms. The number of hydrogen-bond acceptors (Lipinski definition) is 6. The molecule has 0 amide bonds. The molecule has 8 nitrogen and oxygen atoms in total. The highest BCUT2D eigenvalue weighted by molar-refractivity contribution is 5.87. The van der Waals surface area contributed by atoms with Crippen LogP contribution in [-0.2, 0) is 23.4 Å². The van der Waals surface area contributed by atoms with Crippen LogP contribution in [0.1, 0.15) is 35.1 Å². The summed E-state index contributed by atoms with van der Waals surface area (Å²) in [5.41, 5.74) is -1.31. The lowest BCUT2D eigenvalue weighted by Gasteiger charge is -2.39. The van der Waals surface area contributed by atoms with Crippen LogP contribution < -0.4 is 9.47 Å². The summed E-state index contributed by atoms with van der Waals surface area (Å²) in [6, 6.07) is 25.1. The Kier molecular flexibility index (Phi) is 9.05. The van der Waals surface area contributed by atoms with Crippen molar-refractivity contribution in [1.82, 2.24) is 9.47 Å². The van der Waals surface area contributed by atoms with Crippen LogP contribution in [-0.4, -0.2) is 64.7 Å². The lowest BCUT2D eigenvalue weighted by molar-refractivity contribution is -0.272. The summed E-state index contributed by atoms with van der Waals surface area (Å²) in [7, 11) is 1.45. The maximum atomic E-state index is 15.0. The number of rotatable bonds is 10. The molecule has 4 aromatic carbocycles. The number of fused-ring (bicyclic) bond motifs is 2. The molecule has 6 rings (SSSR count). The summed E-state index contributed by atoms with van der Waals surface area (Å²) in [6.45, 7) is 0.0622. The monoisotopic (exact) mass is 657 g/mol. The van der Waals surface area contributed by atoms with E-state index in [9.17, 15) is 28.3 Å². The molecule has 248 valence electrons. The number of nitrogens with zero attached hydrogens (tertiary/aromatic N) is 3. The van der Waals surface area contributed by atoms with Crippen LogP contribution in [0.25, 0.3) is 21.7 Å². The number of hydrogen-bond donors (Lipinski definition) is 2. The smallest absolute Gasteiger partial charge is 0.422 e. The fourth-order valence-electron chi connectivity index (χ4n) is 6.47. The van der Waals surface area contributed by atoms with Crippen molar-refractivity contribution in [2.45, 2.75) is 43.7 Å². The third-order valence-electron chi connectivity index (χ3n) is 8.96. The molecular formula is C37H34F3N3O5. The third-order valence-corrected chi connectivity index (χ3v) is 8.96. The number of aromatic nitrogens is 1. The average molecular weight is 658 g/mol. The lowest BCUT2D eigenvalue weighted by Crippen LogP contribution is -2.53. The van der Waals surface area contributed by atoms with Crippen LogP contribution in [0.2, 0.25) is 0 Å². The Morgan fingerprint density at radius 1 is 0.958 bits per heavy atom. The van der Waals surface area contributed by atoms with E-state index in [0.29, 0.717) is 41.0 Å². The molecule has 5 aromatic rings. The average Bonchev–Trinajstić information content (AvgIpc) is 3.43. The first-order chi connectivity index (χ1) is 23.0. The summed E-state index contributed by atoms with van der Waals surface area (Å²) in [4.78, 5) is 12.7. The molecule has 0 spiro atoms. The maximum absolute atomic E-state index is 15.0. The number of β-amino-alcohol motifs (C(OH)–C–C–N with tert-alkyl or cyclic N) is 1. The van der Waals surface area contributed by atoms with E-state index in [0.717, 1.165) is 16.3 Å². The summed E-state index contributed by atoms with van der Waals surface area (Å²) in [5, 5.41) is 32.5. The summed E-state index contributed by atoms with van der Waals surface area (Å²) in [5.74, 6) is -0.173. The summed E-state index contributed by atoms with van der Waals surface area (Å²) >= 11 is 0. The standard InChI is InChI=1S/C37H34F3N3O5/c1-47-34-18-24(19-35(44)45)8-11-33(34)48-29-12-14-42(15-13-29)23-36(46,37(38,39)40)31-22-43(32-17-25(20-41)7-10-30(31)32)21-26-6-9-27-4-2-3-5-28(27)16-26/h2-11,16-18,22,29,46H,12-15,19,21,23H2,1H3,(H,44,45). The van der Waals surface area contributed by atoms with Gasteiger partial charge in [0.1, 0.15) is 6.10 Å². The van der Waals surface area contributed by atoms with E-state index < -0.39 is 24.3 Å². The number of aliphatic hydroxyl groups is 1. The van der Waals surface area contributed by atoms with Gasteiger partial charge in [0.15, 0.2) is 11.5 Å². The van der Waals surface area contributed by atoms with Crippen LogP contribution in [0.4, 0.5) is 13.2 Å². The predicted octanol–water partition coefficient (Wildman–Crippen LogP) is 6.64. The van der Waals surface area contributed by atoms with Gasteiger partial charge in [-0.25, -0.2) is 0 Å². The molecular weight excluding hydrogens is 623 g/mol. The topological polar surface area (TPSA) is 108 Å². The zero-order valence-corrected chi connectivity index (χ0v) is 26.2.